The first-order valence-corrected chi connectivity index (χ1v) is 6.93. The Labute approximate surface area is 136 Å². The molecule has 0 aliphatic carbocycles. The Morgan fingerprint density at radius 1 is 1.25 bits per heavy atom. The highest BCUT2D eigenvalue weighted by Crippen LogP contribution is 2.27. The lowest BCUT2D eigenvalue weighted by molar-refractivity contribution is -0.274. The largest absolute Gasteiger partial charge is 0.573 e. The minimum atomic E-state index is -4.88. The van der Waals surface area contributed by atoms with Crippen LogP contribution < -0.4 is 10.1 Å². The van der Waals surface area contributed by atoms with Crippen molar-refractivity contribution in [2.75, 3.05) is 0 Å². The minimum absolute atomic E-state index is 0.144. The molecule has 0 saturated carbocycles. The molecule has 24 heavy (non-hydrogen) atoms. The first-order valence-electron chi connectivity index (χ1n) is 6.93. The standard InChI is InChI=1S/C15H18F3NO5/c1-14(2,3)24-13(22)19-11(8-12(20)21)9-5-4-6-10(7-9)23-15(16,17)18/h4-7,11H,8H2,1-3H3,(H,19,22)(H,20,21)/t11-/m1/s1. The fourth-order valence-electron chi connectivity index (χ4n) is 1.81. The van der Waals surface area contributed by atoms with E-state index in [0.29, 0.717) is 0 Å². The highest BCUT2D eigenvalue weighted by Gasteiger charge is 2.31. The average molecular weight is 349 g/mol. The van der Waals surface area contributed by atoms with Crippen LogP contribution in [0.5, 0.6) is 5.75 Å². The Kier molecular flexibility index (Phi) is 6.05. The summed E-state index contributed by atoms with van der Waals surface area (Å²) in [4.78, 5) is 22.8. The number of amides is 1. The first-order chi connectivity index (χ1) is 10.9. The summed E-state index contributed by atoms with van der Waals surface area (Å²) in [6, 6.07) is 3.66. The molecule has 0 fully saturated rings. The van der Waals surface area contributed by atoms with Gasteiger partial charge in [0.1, 0.15) is 11.4 Å². The van der Waals surface area contributed by atoms with Gasteiger partial charge >= 0.3 is 18.4 Å². The number of carbonyl (C=O) groups is 2. The van der Waals surface area contributed by atoms with E-state index in [4.69, 9.17) is 9.84 Å². The number of hydrogen-bond acceptors (Lipinski definition) is 4. The van der Waals surface area contributed by atoms with E-state index in [-0.39, 0.29) is 5.56 Å². The zero-order valence-corrected chi connectivity index (χ0v) is 13.3. The number of halogens is 3. The van der Waals surface area contributed by atoms with Gasteiger partial charge in [0.25, 0.3) is 0 Å². The molecule has 0 heterocycles. The van der Waals surface area contributed by atoms with Crippen LogP contribution in [-0.4, -0.2) is 29.1 Å². The van der Waals surface area contributed by atoms with Gasteiger partial charge < -0.3 is 19.9 Å². The molecule has 0 bridgehead atoms. The Morgan fingerprint density at radius 3 is 2.38 bits per heavy atom. The molecule has 0 saturated heterocycles. The Morgan fingerprint density at radius 2 is 1.88 bits per heavy atom. The number of aliphatic carboxylic acids is 1. The van der Waals surface area contributed by atoms with Gasteiger partial charge in [-0.25, -0.2) is 4.79 Å². The van der Waals surface area contributed by atoms with Crippen LogP contribution in [0, 0.1) is 0 Å². The molecule has 0 radical (unpaired) electrons. The molecule has 1 aromatic carbocycles. The second-order valence-electron chi connectivity index (χ2n) is 5.92. The molecule has 9 heteroatoms. The van der Waals surface area contributed by atoms with Gasteiger partial charge in [-0.3, -0.25) is 4.79 Å². The second kappa shape index (κ2) is 7.41. The van der Waals surface area contributed by atoms with Gasteiger partial charge in [0.05, 0.1) is 12.5 Å². The van der Waals surface area contributed by atoms with Crippen LogP contribution in [0.4, 0.5) is 18.0 Å². The van der Waals surface area contributed by atoms with Gasteiger partial charge in [-0.1, -0.05) is 12.1 Å². The van der Waals surface area contributed by atoms with Crippen molar-refractivity contribution in [1.82, 2.24) is 5.32 Å². The monoisotopic (exact) mass is 349 g/mol. The lowest BCUT2D eigenvalue weighted by Crippen LogP contribution is -2.35. The Hall–Kier alpha value is -2.45. The molecular formula is C15H18F3NO5. The quantitative estimate of drug-likeness (QED) is 0.848. The summed E-state index contributed by atoms with van der Waals surface area (Å²) in [6.07, 6.45) is -6.29. The van der Waals surface area contributed by atoms with Gasteiger partial charge in [-0.15, -0.1) is 13.2 Å². The van der Waals surface area contributed by atoms with E-state index >= 15 is 0 Å². The molecule has 1 aromatic rings. The number of carboxylic acid groups (broad SMARTS) is 1. The maximum atomic E-state index is 12.3. The van der Waals surface area contributed by atoms with Crippen molar-refractivity contribution >= 4 is 12.1 Å². The number of carbonyl (C=O) groups excluding carboxylic acids is 1. The van der Waals surface area contributed by atoms with E-state index in [1.54, 1.807) is 20.8 Å². The van der Waals surface area contributed by atoms with Crippen LogP contribution in [0.1, 0.15) is 38.8 Å². The Balaban J connectivity index is 2.97. The highest BCUT2D eigenvalue weighted by molar-refractivity contribution is 5.72. The lowest BCUT2D eigenvalue weighted by Gasteiger charge is -2.23. The van der Waals surface area contributed by atoms with Crippen molar-refractivity contribution < 1.29 is 37.3 Å². The zero-order valence-electron chi connectivity index (χ0n) is 13.3. The van der Waals surface area contributed by atoms with E-state index < -0.39 is 42.2 Å². The molecular weight excluding hydrogens is 331 g/mol. The summed E-state index contributed by atoms with van der Waals surface area (Å²) in [7, 11) is 0. The average Bonchev–Trinajstić information content (AvgIpc) is 2.33. The maximum absolute atomic E-state index is 12.3. The second-order valence-corrected chi connectivity index (χ2v) is 5.92. The number of hydrogen-bond donors (Lipinski definition) is 2. The van der Waals surface area contributed by atoms with E-state index in [2.05, 4.69) is 10.1 Å². The number of alkyl halides is 3. The normalized spacial score (nSPS) is 13.1. The lowest BCUT2D eigenvalue weighted by atomic mass is 10.0. The molecule has 0 aromatic heterocycles. The molecule has 0 spiro atoms. The molecule has 0 aliphatic heterocycles. The fourth-order valence-corrected chi connectivity index (χ4v) is 1.81. The van der Waals surface area contributed by atoms with Crippen molar-refractivity contribution in [1.29, 1.82) is 0 Å². The molecule has 1 atom stereocenters. The van der Waals surface area contributed by atoms with Gasteiger partial charge in [-0.05, 0) is 38.5 Å². The summed E-state index contributed by atoms with van der Waals surface area (Å²) in [5, 5.41) is 11.3. The topological polar surface area (TPSA) is 84.9 Å². The zero-order chi connectivity index (χ0) is 18.5. The molecule has 134 valence electrons. The number of rotatable bonds is 5. The van der Waals surface area contributed by atoms with Crippen molar-refractivity contribution in [3.05, 3.63) is 29.8 Å². The van der Waals surface area contributed by atoms with Crippen molar-refractivity contribution in [3.8, 4) is 5.75 Å². The molecule has 2 N–H and O–H groups in total. The summed E-state index contributed by atoms with van der Waals surface area (Å²) < 4.78 is 45.6. The van der Waals surface area contributed by atoms with Gasteiger partial charge in [-0.2, -0.15) is 0 Å². The van der Waals surface area contributed by atoms with Crippen LogP contribution in [0.15, 0.2) is 24.3 Å². The molecule has 1 amide bonds. The van der Waals surface area contributed by atoms with E-state index in [1.165, 1.54) is 12.1 Å². The molecule has 0 unspecified atom stereocenters. The fraction of sp³-hybridized carbons (Fsp3) is 0.467. The predicted octanol–water partition coefficient (Wildman–Crippen LogP) is 3.63. The molecule has 0 aliphatic rings. The number of nitrogens with one attached hydrogen (secondary N) is 1. The van der Waals surface area contributed by atoms with Crippen LogP contribution in [0.25, 0.3) is 0 Å². The predicted molar refractivity (Wildman–Crippen MR) is 77.5 cm³/mol. The Bertz CT molecular complexity index is 596. The van der Waals surface area contributed by atoms with Crippen LogP contribution >= 0.6 is 0 Å². The first kappa shape index (κ1) is 19.6. The third-order valence-corrected chi connectivity index (χ3v) is 2.56. The number of alkyl carbamates (subject to hydrolysis) is 1. The highest BCUT2D eigenvalue weighted by atomic mass is 19.4. The SMILES string of the molecule is CC(C)(C)OC(=O)N[C@H](CC(=O)O)c1cccc(OC(F)(F)F)c1. The summed E-state index contributed by atoms with van der Waals surface area (Å²) in [6.45, 7) is 4.86. The van der Waals surface area contributed by atoms with Gasteiger partial charge in [0.15, 0.2) is 0 Å². The van der Waals surface area contributed by atoms with Gasteiger partial charge in [0.2, 0.25) is 0 Å². The molecule has 1 rings (SSSR count). The van der Waals surface area contributed by atoms with Crippen molar-refractivity contribution in [3.63, 3.8) is 0 Å². The van der Waals surface area contributed by atoms with Gasteiger partial charge in [0, 0.05) is 0 Å². The third kappa shape index (κ3) is 7.70. The number of ether oxygens (including phenoxy) is 2. The summed E-state index contributed by atoms with van der Waals surface area (Å²) in [5.41, 5.74) is -0.663. The number of carboxylic acids is 1. The van der Waals surface area contributed by atoms with Crippen LogP contribution in [-0.2, 0) is 9.53 Å². The minimum Gasteiger partial charge on any atom is -0.481 e. The summed E-state index contributed by atoms with van der Waals surface area (Å²) in [5.74, 6) is -1.75. The van der Waals surface area contributed by atoms with E-state index in [1.807, 2.05) is 0 Å². The maximum Gasteiger partial charge on any atom is 0.573 e. The van der Waals surface area contributed by atoms with E-state index in [0.717, 1.165) is 12.1 Å². The van der Waals surface area contributed by atoms with Crippen molar-refractivity contribution in [2.24, 2.45) is 0 Å². The molecule has 6 nitrogen and oxygen atoms in total. The van der Waals surface area contributed by atoms with Crippen LogP contribution in [0.3, 0.4) is 0 Å². The smallest absolute Gasteiger partial charge is 0.481 e. The summed E-state index contributed by atoms with van der Waals surface area (Å²) >= 11 is 0. The van der Waals surface area contributed by atoms with E-state index in [9.17, 15) is 22.8 Å². The van der Waals surface area contributed by atoms with Crippen molar-refractivity contribution in [2.45, 2.75) is 45.2 Å². The van der Waals surface area contributed by atoms with Crippen LogP contribution in [0.2, 0.25) is 0 Å². The third-order valence-electron chi connectivity index (χ3n) is 2.56. The number of benzene rings is 1.